The fourth-order valence-electron chi connectivity index (χ4n) is 3.22. The molecule has 0 saturated carbocycles. The van der Waals surface area contributed by atoms with Crippen LogP contribution in [0.1, 0.15) is 19.8 Å². The number of hydrogen-bond donors (Lipinski definition) is 2. The SMILES string of the molecule is CCCN1CCC(CNC(=NC)NCCN2CCOCC2)C1. The first kappa shape index (κ1) is 17.5. The molecule has 0 aromatic carbocycles. The fourth-order valence-corrected chi connectivity index (χ4v) is 3.22. The molecule has 128 valence electrons. The van der Waals surface area contributed by atoms with Crippen molar-refractivity contribution < 1.29 is 4.74 Å². The van der Waals surface area contributed by atoms with Crippen LogP contribution in [-0.2, 0) is 4.74 Å². The molecule has 0 amide bonds. The van der Waals surface area contributed by atoms with Crippen LogP contribution in [0.4, 0.5) is 0 Å². The Labute approximate surface area is 135 Å². The van der Waals surface area contributed by atoms with Gasteiger partial charge in [0.1, 0.15) is 0 Å². The van der Waals surface area contributed by atoms with Gasteiger partial charge in [-0.1, -0.05) is 6.92 Å². The first-order chi connectivity index (χ1) is 10.8. The van der Waals surface area contributed by atoms with Gasteiger partial charge in [-0.15, -0.1) is 0 Å². The number of aliphatic imine (C=N–C) groups is 1. The molecule has 2 heterocycles. The molecule has 2 saturated heterocycles. The zero-order valence-corrected chi connectivity index (χ0v) is 14.3. The van der Waals surface area contributed by atoms with E-state index in [9.17, 15) is 0 Å². The van der Waals surface area contributed by atoms with Gasteiger partial charge in [0.05, 0.1) is 13.2 Å². The van der Waals surface area contributed by atoms with Crippen LogP contribution in [0.25, 0.3) is 0 Å². The number of rotatable bonds is 7. The molecule has 0 bridgehead atoms. The van der Waals surface area contributed by atoms with Gasteiger partial charge in [0.15, 0.2) is 5.96 Å². The summed E-state index contributed by atoms with van der Waals surface area (Å²) in [5.74, 6) is 1.69. The van der Waals surface area contributed by atoms with E-state index in [1.807, 2.05) is 7.05 Å². The van der Waals surface area contributed by atoms with Gasteiger partial charge in [0.2, 0.25) is 0 Å². The van der Waals surface area contributed by atoms with Gasteiger partial charge in [-0.05, 0) is 31.8 Å². The maximum Gasteiger partial charge on any atom is 0.191 e. The summed E-state index contributed by atoms with van der Waals surface area (Å²) in [4.78, 5) is 9.33. The van der Waals surface area contributed by atoms with Crippen LogP contribution in [-0.4, -0.2) is 88.4 Å². The molecule has 1 atom stereocenters. The number of hydrogen-bond acceptors (Lipinski definition) is 4. The highest BCUT2D eigenvalue weighted by Gasteiger charge is 2.21. The van der Waals surface area contributed by atoms with Crippen LogP contribution in [0.3, 0.4) is 0 Å². The highest BCUT2D eigenvalue weighted by atomic mass is 16.5. The number of nitrogens with one attached hydrogen (secondary N) is 2. The van der Waals surface area contributed by atoms with E-state index in [0.29, 0.717) is 0 Å². The number of ether oxygens (including phenoxy) is 1. The van der Waals surface area contributed by atoms with Crippen molar-refractivity contribution in [1.29, 1.82) is 0 Å². The molecule has 2 N–H and O–H groups in total. The maximum atomic E-state index is 5.37. The second-order valence-corrected chi connectivity index (χ2v) is 6.29. The number of morpholine rings is 1. The first-order valence-corrected chi connectivity index (χ1v) is 8.78. The standard InChI is InChI=1S/C16H33N5O/c1-3-6-21-7-4-15(14-21)13-19-16(17-2)18-5-8-20-9-11-22-12-10-20/h15H,3-14H2,1-2H3,(H2,17,18,19). The Morgan fingerprint density at radius 2 is 1.95 bits per heavy atom. The van der Waals surface area contributed by atoms with Crippen LogP contribution in [0.5, 0.6) is 0 Å². The second-order valence-electron chi connectivity index (χ2n) is 6.29. The van der Waals surface area contributed by atoms with Crippen molar-refractivity contribution in [2.45, 2.75) is 19.8 Å². The molecule has 0 aromatic heterocycles. The molecule has 2 aliphatic rings. The highest BCUT2D eigenvalue weighted by molar-refractivity contribution is 5.79. The predicted molar refractivity (Wildman–Crippen MR) is 91.5 cm³/mol. The Morgan fingerprint density at radius 3 is 2.68 bits per heavy atom. The van der Waals surface area contributed by atoms with Gasteiger partial charge in [-0.25, -0.2) is 0 Å². The van der Waals surface area contributed by atoms with E-state index in [-0.39, 0.29) is 0 Å². The molecule has 0 aromatic rings. The topological polar surface area (TPSA) is 52.1 Å². The molecule has 6 heteroatoms. The van der Waals surface area contributed by atoms with Gasteiger partial charge < -0.3 is 20.3 Å². The van der Waals surface area contributed by atoms with Gasteiger partial charge in [0, 0.05) is 46.3 Å². The summed E-state index contributed by atoms with van der Waals surface area (Å²) in [6.45, 7) is 12.8. The van der Waals surface area contributed by atoms with Gasteiger partial charge in [0.25, 0.3) is 0 Å². The molecule has 2 rings (SSSR count). The first-order valence-electron chi connectivity index (χ1n) is 8.78. The van der Waals surface area contributed by atoms with E-state index in [0.717, 1.165) is 57.8 Å². The van der Waals surface area contributed by atoms with Crippen LogP contribution >= 0.6 is 0 Å². The average Bonchev–Trinajstić information content (AvgIpc) is 3.00. The quantitative estimate of drug-likeness (QED) is 0.520. The molecule has 1 unspecified atom stereocenters. The predicted octanol–water partition coefficient (Wildman–Crippen LogP) is 0.216. The number of likely N-dealkylation sites (tertiary alicyclic amines) is 1. The summed E-state index contributed by atoms with van der Waals surface area (Å²) < 4.78 is 5.37. The van der Waals surface area contributed by atoms with Crippen molar-refractivity contribution in [3.63, 3.8) is 0 Å². The Bertz CT molecular complexity index is 330. The van der Waals surface area contributed by atoms with Crippen LogP contribution in [0.2, 0.25) is 0 Å². The molecule has 22 heavy (non-hydrogen) atoms. The lowest BCUT2D eigenvalue weighted by Crippen LogP contribution is -2.45. The Morgan fingerprint density at radius 1 is 1.14 bits per heavy atom. The monoisotopic (exact) mass is 311 g/mol. The van der Waals surface area contributed by atoms with Crippen molar-refractivity contribution in [3.8, 4) is 0 Å². The summed E-state index contributed by atoms with van der Waals surface area (Å²) in [5.41, 5.74) is 0. The van der Waals surface area contributed by atoms with E-state index in [2.05, 4.69) is 32.3 Å². The van der Waals surface area contributed by atoms with E-state index in [4.69, 9.17) is 4.74 Å². The third kappa shape index (κ3) is 6.10. The lowest BCUT2D eigenvalue weighted by Gasteiger charge is -2.26. The lowest BCUT2D eigenvalue weighted by molar-refractivity contribution is 0.0389. The lowest BCUT2D eigenvalue weighted by atomic mass is 10.1. The normalized spacial score (nSPS) is 24.6. The molecule has 0 spiro atoms. The van der Waals surface area contributed by atoms with Crippen molar-refractivity contribution in [3.05, 3.63) is 0 Å². The summed E-state index contributed by atoms with van der Waals surface area (Å²) >= 11 is 0. The van der Waals surface area contributed by atoms with Crippen molar-refractivity contribution in [2.75, 3.05) is 72.6 Å². The Kier molecular flexibility index (Phi) is 7.98. The van der Waals surface area contributed by atoms with E-state index < -0.39 is 0 Å². The fraction of sp³-hybridized carbons (Fsp3) is 0.938. The zero-order valence-electron chi connectivity index (χ0n) is 14.3. The Balaban J connectivity index is 1.57. The summed E-state index contributed by atoms with van der Waals surface area (Å²) in [6, 6.07) is 0. The largest absolute Gasteiger partial charge is 0.379 e. The minimum absolute atomic E-state index is 0.754. The second kappa shape index (κ2) is 10.0. The van der Waals surface area contributed by atoms with Crippen molar-refractivity contribution in [2.24, 2.45) is 10.9 Å². The van der Waals surface area contributed by atoms with E-state index in [1.165, 1.54) is 32.5 Å². The molecule has 0 aliphatic carbocycles. The average molecular weight is 311 g/mol. The summed E-state index contributed by atoms with van der Waals surface area (Å²) in [6.07, 6.45) is 2.56. The highest BCUT2D eigenvalue weighted by Crippen LogP contribution is 2.15. The van der Waals surface area contributed by atoms with Crippen LogP contribution in [0.15, 0.2) is 4.99 Å². The molecule has 6 nitrogen and oxygen atoms in total. The van der Waals surface area contributed by atoms with Crippen LogP contribution in [0, 0.1) is 5.92 Å². The van der Waals surface area contributed by atoms with Crippen molar-refractivity contribution in [1.82, 2.24) is 20.4 Å². The van der Waals surface area contributed by atoms with Gasteiger partial charge >= 0.3 is 0 Å². The molecule has 0 radical (unpaired) electrons. The smallest absolute Gasteiger partial charge is 0.191 e. The van der Waals surface area contributed by atoms with Gasteiger partial charge in [-0.2, -0.15) is 0 Å². The van der Waals surface area contributed by atoms with Gasteiger partial charge in [-0.3, -0.25) is 9.89 Å². The minimum atomic E-state index is 0.754. The molecule has 2 fully saturated rings. The molecule has 2 aliphatic heterocycles. The summed E-state index contributed by atoms with van der Waals surface area (Å²) in [5, 5.41) is 6.90. The van der Waals surface area contributed by atoms with E-state index >= 15 is 0 Å². The maximum absolute atomic E-state index is 5.37. The van der Waals surface area contributed by atoms with Crippen molar-refractivity contribution >= 4 is 5.96 Å². The molecular formula is C16H33N5O. The van der Waals surface area contributed by atoms with E-state index in [1.54, 1.807) is 0 Å². The minimum Gasteiger partial charge on any atom is -0.379 e. The third-order valence-corrected chi connectivity index (χ3v) is 4.52. The third-order valence-electron chi connectivity index (χ3n) is 4.52. The summed E-state index contributed by atoms with van der Waals surface area (Å²) in [7, 11) is 1.85. The Hall–Kier alpha value is -0.850. The zero-order chi connectivity index (χ0) is 15.6. The number of nitrogens with zero attached hydrogens (tertiary/aromatic N) is 3. The number of guanidine groups is 1. The van der Waals surface area contributed by atoms with Crippen LogP contribution < -0.4 is 10.6 Å². The molecular weight excluding hydrogens is 278 g/mol.